The van der Waals surface area contributed by atoms with Gasteiger partial charge in [-0.15, -0.1) is 22.7 Å². The summed E-state index contributed by atoms with van der Waals surface area (Å²) in [5.74, 6) is -0.115. The lowest BCUT2D eigenvalue weighted by Gasteiger charge is -2.43. The fourth-order valence-corrected chi connectivity index (χ4v) is 8.47. The second-order valence-electron chi connectivity index (χ2n) is 12.4. The molecule has 0 bridgehead atoms. The molecule has 6 heterocycles. The van der Waals surface area contributed by atoms with Crippen molar-refractivity contribution in [3.8, 4) is 10.6 Å². The van der Waals surface area contributed by atoms with Gasteiger partial charge in [-0.2, -0.15) is 0 Å². The monoisotopic (exact) mass is 669 g/mol. The zero-order valence-corrected chi connectivity index (χ0v) is 27.5. The average molecular weight is 670 g/mol. The van der Waals surface area contributed by atoms with Gasteiger partial charge in [0.15, 0.2) is 0 Å². The van der Waals surface area contributed by atoms with Gasteiger partial charge in [0.25, 0.3) is 11.5 Å². The fraction of sp³-hybridized carbons (Fsp3) is 0.353. The van der Waals surface area contributed by atoms with E-state index in [1.54, 1.807) is 18.3 Å². The standard InChI is InChI=1S/C34H35N7O4S2/c1-21-28(47-29(38-21)23-7-8-27(35)36-17-23)33(44)40-13-9-24(26(18-40)22-5-3-2-4-6-22)31(42)39-14-11-34(45,12-15-39)19-41-20-37-30-25(32(41)43)10-16-46-30/h2-8,10,16-17,20,24,26,45H,9,11-15,18-19H2,1H3,(H2,35,36)/t24-,26+/m1/s1. The largest absolute Gasteiger partial charge is 0.388 e. The maximum atomic E-state index is 14.1. The van der Waals surface area contributed by atoms with Crippen LogP contribution in [-0.2, 0) is 11.3 Å². The molecule has 0 spiro atoms. The second kappa shape index (κ2) is 12.6. The van der Waals surface area contributed by atoms with Gasteiger partial charge >= 0.3 is 0 Å². The Bertz CT molecular complexity index is 1980. The van der Waals surface area contributed by atoms with Crippen molar-refractivity contribution < 1.29 is 14.7 Å². The number of aliphatic hydroxyl groups is 1. The van der Waals surface area contributed by atoms with Gasteiger partial charge in [-0.3, -0.25) is 19.0 Å². The Hall–Kier alpha value is -4.46. The fourth-order valence-electron chi connectivity index (χ4n) is 6.72. The predicted molar refractivity (Wildman–Crippen MR) is 182 cm³/mol. The SMILES string of the molecule is Cc1nc(-c2ccc(N)nc2)sc1C(=O)N1CC[C@@H](C(=O)N2CCC(O)(Cn3cnc4sccc4c3=O)CC2)[C@H](c2ccccc2)C1. The van der Waals surface area contributed by atoms with Crippen LogP contribution < -0.4 is 11.3 Å². The smallest absolute Gasteiger partial charge is 0.265 e. The first-order chi connectivity index (χ1) is 22.7. The summed E-state index contributed by atoms with van der Waals surface area (Å²) >= 11 is 2.75. The molecule has 2 saturated heterocycles. The number of thiazole rings is 1. The highest BCUT2D eigenvalue weighted by Crippen LogP contribution is 2.37. The molecule has 11 nitrogen and oxygen atoms in total. The summed E-state index contributed by atoms with van der Waals surface area (Å²) in [7, 11) is 0. The van der Waals surface area contributed by atoms with Crippen molar-refractivity contribution >= 4 is 50.5 Å². The number of pyridine rings is 1. The molecule has 2 fully saturated rings. The number of likely N-dealkylation sites (tertiary alicyclic amines) is 2. The number of amides is 2. The molecule has 2 aliphatic rings. The van der Waals surface area contributed by atoms with Gasteiger partial charge < -0.3 is 20.6 Å². The zero-order chi connectivity index (χ0) is 32.7. The Balaban J connectivity index is 1.05. The first-order valence-electron chi connectivity index (χ1n) is 15.7. The number of rotatable bonds is 6. The third-order valence-corrected chi connectivity index (χ3v) is 11.4. The van der Waals surface area contributed by atoms with Crippen LogP contribution in [0, 0.1) is 12.8 Å². The van der Waals surface area contributed by atoms with E-state index >= 15 is 0 Å². The summed E-state index contributed by atoms with van der Waals surface area (Å²) in [5.41, 5.74) is 6.95. The van der Waals surface area contributed by atoms with Crippen LogP contribution >= 0.6 is 22.7 Å². The summed E-state index contributed by atoms with van der Waals surface area (Å²) in [6, 6.07) is 15.2. The van der Waals surface area contributed by atoms with Crippen LogP contribution in [-0.4, -0.2) is 78.0 Å². The molecule has 4 aromatic heterocycles. The Morgan fingerprint density at radius 1 is 1.04 bits per heavy atom. The second-order valence-corrected chi connectivity index (χ2v) is 14.3. The first kappa shape index (κ1) is 31.2. The molecule has 0 radical (unpaired) electrons. The van der Waals surface area contributed by atoms with E-state index in [-0.39, 0.29) is 35.8 Å². The first-order valence-corrected chi connectivity index (χ1v) is 17.4. The number of aromatic nitrogens is 4. The van der Waals surface area contributed by atoms with Crippen LogP contribution in [0.5, 0.6) is 0 Å². The van der Waals surface area contributed by atoms with Crippen LogP contribution in [0.3, 0.4) is 0 Å². The molecule has 1 aromatic carbocycles. The lowest BCUT2D eigenvalue weighted by Crippen LogP contribution is -2.53. The molecule has 0 unspecified atom stereocenters. The van der Waals surface area contributed by atoms with Crippen LogP contribution in [0.1, 0.15) is 46.1 Å². The van der Waals surface area contributed by atoms with Crippen molar-refractivity contribution in [1.82, 2.24) is 29.3 Å². The van der Waals surface area contributed by atoms with Gasteiger partial charge in [0.1, 0.15) is 20.5 Å². The van der Waals surface area contributed by atoms with E-state index in [1.807, 2.05) is 58.5 Å². The molecular formula is C34H35N7O4S2. The van der Waals surface area contributed by atoms with E-state index in [2.05, 4.69) is 15.0 Å². The van der Waals surface area contributed by atoms with Crippen LogP contribution in [0.25, 0.3) is 20.8 Å². The minimum Gasteiger partial charge on any atom is -0.388 e. The summed E-state index contributed by atoms with van der Waals surface area (Å²) < 4.78 is 1.48. The Morgan fingerprint density at radius 2 is 1.83 bits per heavy atom. The molecule has 13 heteroatoms. The van der Waals surface area contributed by atoms with Gasteiger partial charge in [-0.05, 0) is 55.3 Å². The molecule has 7 rings (SSSR count). The van der Waals surface area contributed by atoms with E-state index < -0.39 is 5.60 Å². The number of nitrogens with zero attached hydrogens (tertiary/aromatic N) is 6. The number of fused-ring (bicyclic) bond motifs is 1. The number of carbonyl (C=O) groups is 2. The summed E-state index contributed by atoms with van der Waals surface area (Å²) in [5, 5.41) is 14.5. The van der Waals surface area contributed by atoms with E-state index in [1.165, 1.54) is 33.6 Å². The third kappa shape index (κ3) is 6.18. The number of nitrogens with two attached hydrogens (primary N) is 1. The predicted octanol–water partition coefficient (Wildman–Crippen LogP) is 4.17. The van der Waals surface area contributed by atoms with Crippen LogP contribution in [0.15, 0.2) is 71.2 Å². The molecule has 3 N–H and O–H groups in total. The molecule has 0 saturated carbocycles. The molecule has 2 amide bonds. The van der Waals surface area contributed by atoms with Gasteiger partial charge in [-0.25, -0.2) is 15.0 Å². The highest BCUT2D eigenvalue weighted by Gasteiger charge is 2.42. The van der Waals surface area contributed by atoms with E-state index in [0.29, 0.717) is 77.1 Å². The minimum absolute atomic E-state index is 0.0404. The number of anilines is 1. The van der Waals surface area contributed by atoms with Crippen molar-refractivity contribution in [1.29, 1.82) is 0 Å². The topological polar surface area (TPSA) is 148 Å². The number of thiophene rings is 1. The number of hydrogen-bond acceptors (Lipinski definition) is 10. The Kier molecular flexibility index (Phi) is 8.37. The summed E-state index contributed by atoms with van der Waals surface area (Å²) in [4.78, 5) is 59.1. The summed E-state index contributed by atoms with van der Waals surface area (Å²) in [6.45, 7) is 3.62. The molecule has 2 aliphatic heterocycles. The molecular weight excluding hydrogens is 635 g/mol. The third-order valence-electron chi connectivity index (χ3n) is 9.39. The molecule has 2 atom stereocenters. The molecule has 47 heavy (non-hydrogen) atoms. The van der Waals surface area contributed by atoms with Crippen molar-refractivity contribution in [2.75, 3.05) is 31.9 Å². The van der Waals surface area contributed by atoms with Crippen molar-refractivity contribution in [3.63, 3.8) is 0 Å². The van der Waals surface area contributed by atoms with Crippen molar-refractivity contribution in [2.45, 2.75) is 44.2 Å². The lowest BCUT2D eigenvalue weighted by atomic mass is 9.79. The number of piperidine rings is 2. The van der Waals surface area contributed by atoms with E-state index in [0.717, 1.165) is 11.1 Å². The van der Waals surface area contributed by atoms with Gasteiger partial charge in [-0.1, -0.05) is 30.3 Å². The lowest BCUT2D eigenvalue weighted by molar-refractivity contribution is -0.142. The normalized spacial score (nSPS) is 19.6. The highest BCUT2D eigenvalue weighted by atomic mass is 32.1. The maximum absolute atomic E-state index is 14.1. The van der Waals surface area contributed by atoms with Gasteiger partial charge in [0, 0.05) is 49.8 Å². The minimum atomic E-state index is -1.12. The van der Waals surface area contributed by atoms with E-state index in [9.17, 15) is 19.5 Å². The number of hydrogen-bond donors (Lipinski definition) is 2. The van der Waals surface area contributed by atoms with Gasteiger partial charge in [0.05, 0.1) is 29.6 Å². The van der Waals surface area contributed by atoms with Crippen molar-refractivity contribution in [3.05, 3.63) is 92.9 Å². The quantitative estimate of drug-likeness (QED) is 0.274. The maximum Gasteiger partial charge on any atom is 0.265 e. The Labute approximate surface area is 279 Å². The van der Waals surface area contributed by atoms with Crippen LogP contribution in [0.4, 0.5) is 5.82 Å². The number of carbonyl (C=O) groups excluding carboxylic acids is 2. The Morgan fingerprint density at radius 3 is 2.57 bits per heavy atom. The number of aryl methyl sites for hydroxylation is 1. The highest BCUT2D eigenvalue weighted by molar-refractivity contribution is 7.17. The molecule has 0 aliphatic carbocycles. The van der Waals surface area contributed by atoms with Crippen LogP contribution in [0.2, 0.25) is 0 Å². The molecule has 5 aromatic rings. The zero-order valence-electron chi connectivity index (χ0n) is 25.9. The van der Waals surface area contributed by atoms with E-state index in [4.69, 9.17) is 5.73 Å². The number of benzene rings is 1. The van der Waals surface area contributed by atoms with Crippen molar-refractivity contribution in [2.24, 2.45) is 5.92 Å². The van der Waals surface area contributed by atoms with Gasteiger partial charge in [0.2, 0.25) is 5.91 Å². The molecule has 242 valence electrons. The average Bonchev–Trinajstić information content (AvgIpc) is 3.73. The number of nitrogen functional groups attached to an aromatic ring is 1. The summed E-state index contributed by atoms with van der Waals surface area (Å²) in [6.07, 6.45) is 4.40.